The Morgan fingerprint density at radius 1 is 1.12 bits per heavy atom. The van der Waals surface area contributed by atoms with Crippen LogP contribution < -0.4 is 5.32 Å². The Labute approximate surface area is 101 Å². The molecule has 2 heteroatoms. The first-order valence-corrected chi connectivity index (χ1v) is 6.94. The summed E-state index contributed by atoms with van der Waals surface area (Å²) in [6, 6.07) is 1.54. The van der Waals surface area contributed by atoms with E-state index >= 15 is 0 Å². The summed E-state index contributed by atoms with van der Waals surface area (Å²) < 4.78 is 0. The number of hydrogen-bond donors (Lipinski definition) is 1. The zero-order valence-electron chi connectivity index (χ0n) is 11.4. The first kappa shape index (κ1) is 12.4. The lowest BCUT2D eigenvalue weighted by Gasteiger charge is -2.35. The lowest BCUT2D eigenvalue weighted by molar-refractivity contribution is 0.162. The van der Waals surface area contributed by atoms with Gasteiger partial charge in [0.25, 0.3) is 0 Å². The summed E-state index contributed by atoms with van der Waals surface area (Å²) >= 11 is 0. The number of nitrogens with one attached hydrogen (secondary N) is 1. The molecule has 0 saturated carbocycles. The summed E-state index contributed by atoms with van der Waals surface area (Å²) in [5, 5.41) is 3.62. The lowest BCUT2D eigenvalue weighted by atomic mass is 9.80. The fourth-order valence-corrected chi connectivity index (χ4v) is 3.12. The molecule has 0 bridgehead atoms. The van der Waals surface area contributed by atoms with Gasteiger partial charge in [0.15, 0.2) is 0 Å². The highest BCUT2D eigenvalue weighted by molar-refractivity contribution is 4.90. The summed E-state index contributed by atoms with van der Waals surface area (Å²) in [7, 11) is 0. The van der Waals surface area contributed by atoms with Gasteiger partial charge in [-0.3, -0.25) is 4.90 Å². The second-order valence-corrected chi connectivity index (χ2v) is 6.89. The van der Waals surface area contributed by atoms with Crippen molar-refractivity contribution in [2.75, 3.05) is 19.6 Å². The minimum absolute atomic E-state index is 0.490. The molecule has 2 nitrogen and oxygen atoms in total. The van der Waals surface area contributed by atoms with Gasteiger partial charge in [0.2, 0.25) is 0 Å². The van der Waals surface area contributed by atoms with Crippen LogP contribution in [0.4, 0.5) is 0 Å². The van der Waals surface area contributed by atoms with Crippen LogP contribution in [0, 0.1) is 11.3 Å². The van der Waals surface area contributed by atoms with Gasteiger partial charge in [-0.1, -0.05) is 20.8 Å². The molecule has 0 aromatic heterocycles. The van der Waals surface area contributed by atoms with Crippen LogP contribution in [0.3, 0.4) is 0 Å². The highest BCUT2D eigenvalue weighted by Crippen LogP contribution is 2.35. The third-order valence-corrected chi connectivity index (χ3v) is 4.60. The minimum Gasteiger partial charge on any atom is -0.313 e. The molecule has 94 valence electrons. The lowest BCUT2D eigenvalue weighted by Crippen LogP contribution is -2.48. The van der Waals surface area contributed by atoms with Gasteiger partial charge in [0.05, 0.1) is 0 Å². The van der Waals surface area contributed by atoms with Gasteiger partial charge in [-0.05, 0) is 44.1 Å². The van der Waals surface area contributed by atoms with Crippen molar-refractivity contribution in [1.29, 1.82) is 0 Å². The molecular formula is C14H28N2. The standard InChI is InChI=1S/C14H28N2/c1-11-5-6-13(9-15-11)16-8-7-12(10-16)14(2,3)4/h11-13,15H,5-10H2,1-4H3. The molecule has 0 radical (unpaired) electrons. The first-order valence-electron chi connectivity index (χ1n) is 6.94. The van der Waals surface area contributed by atoms with Crippen molar-refractivity contribution in [1.82, 2.24) is 10.2 Å². The van der Waals surface area contributed by atoms with Crippen molar-refractivity contribution in [2.45, 2.75) is 59.0 Å². The maximum absolute atomic E-state index is 3.62. The van der Waals surface area contributed by atoms with Gasteiger partial charge in [-0.15, -0.1) is 0 Å². The number of likely N-dealkylation sites (tertiary alicyclic amines) is 1. The Morgan fingerprint density at radius 3 is 2.38 bits per heavy atom. The quantitative estimate of drug-likeness (QED) is 0.736. The van der Waals surface area contributed by atoms with Gasteiger partial charge < -0.3 is 5.32 Å². The van der Waals surface area contributed by atoms with Gasteiger partial charge >= 0.3 is 0 Å². The summed E-state index contributed by atoms with van der Waals surface area (Å²) in [6.45, 7) is 13.3. The van der Waals surface area contributed by atoms with Crippen LogP contribution in [0.25, 0.3) is 0 Å². The summed E-state index contributed by atoms with van der Waals surface area (Å²) in [4.78, 5) is 2.73. The maximum atomic E-state index is 3.62. The molecule has 0 spiro atoms. The van der Waals surface area contributed by atoms with Crippen LogP contribution >= 0.6 is 0 Å². The van der Waals surface area contributed by atoms with Crippen LogP contribution in [-0.4, -0.2) is 36.6 Å². The van der Waals surface area contributed by atoms with Crippen LogP contribution in [0.15, 0.2) is 0 Å². The van der Waals surface area contributed by atoms with E-state index in [2.05, 4.69) is 37.9 Å². The second kappa shape index (κ2) is 4.66. The molecule has 2 aliphatic heterocycles. The van der Waals surface area contributed by atoms with Gasteiger partial charge in [0.1, 0.15) is 0 Å². The highest BCUT2D eigenvalue weighted by atomic mass is 15.2. The largest absolute Gasteiger partial charge is 0.313 e. The van der Waals surface area contributed by atoms with Crippen molar-refractivity contribution in [3.63, 3.8) is 0 Å². The molecule has 16 heavy (non-hydrogen) atoms. The third kappa shape index (κ3) is 2.78. The van der Waals surface area contributed by atoms with Crippen molar-refractivity contribution in [3.05, 3.63) is 0 Å². The van der Waals surface area contributed by atoms with E-state index in [0.29, 0.717) is 5.41 Å². The highest BCUT2D eigenvalue weighted by Gasteiger charge is 2.35. The van der Waals surface area contributed by atoms with Gasteiger partial charge in [0, 0.05) is 25.2 Å². The van der Waals surface area contributed by atoms with Crippen LogP contribution in [0.2, 0.25) is 0 Å². The molecule has 2 heterocycles. The summed E-state index contributed by atoms with van der Waals surface area (Å²) in [5.74, 6) is 0.895. The zero-order valence-corrected chi connectivity index (χ0v) is 11.4. The number of piperidine rings is 1. The topological polar surface area (TPSA) is 15.3 Å². The monoisotopic (exact) mass is 224 g/mol. The normalized spacial score (nSPS) is 37.9. The Balaban J connectivity index is 1.84. The van der Waals surface area contributed by atoms with Crippen molar-refractivity contribution < 1.29 is 0 Å². The predicted octanol–water partition coefficient (Wildman–Crippen LogP) is 2.49. The van der Waals surface area contributed by atoms with E-state index in [4.69, 9.17) is 0 Å². The molecule has 2 saturated heterocycles. The average Bonchev–Trinajstić information content (AvgIpc) is 2.67. The second-order valence-electron chi connectivity index (χ2n) is 6.89. The summed E-state index contributed by atoms with van der Waals surface area (Å²) in [5.41, 5.74) is 0.490. The summed E-state index contributed by atoms with van der Waals surface area (Å²) in [6.07, 6.45) is 4.14. The molecule has 2 fully saturated rings. The molecule has 0 amide bonds. The van der Waals surface area contributed by atoms with E-state index in [1.807, 2.05) is 0 Å². The SMILES string of the molecule is CC1CCC(N2CCC(C(C)(C)C)C2)CN1. The van der Waals surface area contributed by atoms with Gasteiger partial charge in [-0.25, -0.2) is 0 Å². The molecule has 2 aliphatic rings. The van der Waals surface area contributed by atoms with Crippen LogP contribution in [-0.2, 0) is 0 Å². The molecule has 0 aromatic carbocycles. The molecule has 0 aliphatic carbocycles. The molecule has 3 atom stereocenters. The Hall–Kier alpha value is -0.0800. The van der Waals surface area contributed by atoms with Crippen molar-refractivity contribution in [3.8, 4) is 0 Å². The fraction of sp³-hybridized carbons (Fsp3) is 1.00. The smallest absolute Gasteiger partial charge is 0.0221 e. The third-order valence-electron chi connectivity index (χ3n) is 4.60. The maximum Gasteiger partial charge on any atom is 0.0221 e. The molecule has 0 aromatic rings. The van der Waals surface area contributed by atoms with E-state index in [9.17, 15) is 0 Å². The van der Waals surface area contributed by atoms with E-state index in [1.165, 1.54) is 38.9 Å². The molecule has 1 N–H and O–H groups in total. The Bertz CT molecular complexity index is 223. The van der Waals surface area contributed by atoms with E-state index in [-0.39, 0.29) is 0 Å². The number of hydrogen-bond acceptors (Lipinski definition) is 2. The fourth-order valence-electron chi connectivity index (χ4n) is 3.12. The molecule has 3 unspecified atom stereocenters. The van der Waals surface area contributed by atoms with E-state index < -0.39 is 0 Å². The van der Waals surface area contributed by atoms with Gasteiger partial charge in [-0.2, -0.15) is 0 Å². The van der Waals surface area contributed by atoms with E-state index in [1.54, 1.807) is 0 Å². The number of rotatable bonds is 1. The first-order chi connectivity index (χ1) is 7.47. The predicted molar refractivity (Wildman–Crippen MR) is 69.6 cm³/mol. The Morgan fingerprint density at radius 2 is 1.88 bits per heavy atom. The average molecular weight is 224 g/mol. The molecular weight excluding hydrogens is 196 g/mol. The van der Waals surface area contributed by atoms with Crippen molar-refractivity contribution in [2.24, 2.45) is 11.3 Å². The number of nitrogens with zero attached hydrogens (tertiary/aromatic N) is 1. The zero-order chi connectivity index (χ0) is 11.8. The van der Waals surface area contributed by atoms with Crippen molar-refractivity contribution >= 4 is 0 Å². The Kier molecular flexibility index (Phi) is 3.60. The molecule has 2 rings (SSSR count). The van der Waals surface area contributed by atoms with Crippen LogP contribution in [0.1, 0.15) is 47.0 Å². The minimum atomic E-state index is 0.490. The van der Waals surface area contributed by atoms with Crippen LogP contribution in [0.5, 0.6) is 0 Å². The van der Waals surface area contributed by atoms with E-state index in [0.717, 1.165) is 18.0 Å².